The molecular weight excluding hydrogens is 154 g/mol. The number of carbonyl (C=O) groups excluding carboxylic acids is 1. The summed E-state index contributed by atoms with van der Waals surface area (Å²) in [4.78, 5) is 10.8. The molecule has 1 N–H and O–H groups in total. The van der Waals surface area contributed by atoms with Crippen LogP contribution in [0.25, 0.3) is 0 Å². The number of hydrogen-bond donors (Lipinski definition) is 1. The zero-order chi connectivity index (χ0) is 8.39. The standard InChI is InChI=1S/C9H15NO2/c11-8-5-6-9(10-8)12-7-3-1-2-4-7/h7,9H,1-6H2,(H,10,11). The van der Waals surface area contributed by atoms with Crippen molar-refractivity contribution in [2.45, 2.75) is 50.9 Å². The summed E-state index contributed by atoms with van der Waals surface area (Å²) in [5.74, 6) is 0.137. The molecule has 0 bridgehead atoms. The second-order valence-corrected chi connectivity index (χ2v) is 3.64. The minimum Gasteiger partial charge on any atom is -0.355 e. The van der Waals surface area contributed by atoms with Crippen LogP contribution in [0.3, 0.4) is 0 Å². The van der Waals surface area contributed by atoms with Crippen LogP contribution in [0.1, 0.15) is 38.5 Å². The zero-order valence-corrected chi connectivity index (χ0v) is 7.21. The smallest absolute Gasteiger partial charge is 0.222 e. The van der Waals surface area contributed by atoms with E-state index in [0.717, 1.165) is 6.42 Å². The van der Waals surface area contributed by atoms with Crippen LogP contribution < -0.4 is 5.32 Å². The molecule has 1 saturated carbocycles. The van der Waals surface area contributed by atoms with Crippen molar-refractivity contribution in [1.29, 1.82) is 0 Å². The molecule has 68 valence electrons. The van der Waals surface area contributed by atoms with E-state index in [1.54, 1.807) is 0 Å². The molecule has 1 saturated heterocycles. The molecule has 0 aromatic rings. The van der Waals surface area contributed by atoms with E-state index in [9.17, 15) is 4.79 Å². The van der Waals surface area contributed by atoms with Crippen LogP contribution in [-0.4, -0.2) is 18.2 Å². The largest absolute Gasteiger partial charge is 0.355 e. The molecule has 0 spiro atoms. The molecule has 1 aliphatic heterocycles. The summed E-state index contributed by atoms with van der Waals surface area (Å²) in [6.07, 6.45) is 6.83. The van der Waals surface area contributed by atoms with E-state index in [-0.39, 0.29) is 12.1 Å². The van der Waals surface area contributed by atoms with Gasteiger partial charge in [0.2, 0.25) is 5.91 Å². The number of nitrogens with one attached hydrogen (secondary N) is 1. The number of hydrogen-bond acceptors (Lipinski definition) is 2. The summed E-state index contributed by atoms with van der Waals surface area (Å²) in [6.45, 7) is 0. The third kappa shape index (κ3) is 1.78. The van der Waals surface area contributed by atoms with Gasteiger partial charge in [0.25, 0.3) is 0 Å². The van der Waals surface area contributed by atoms with Crippen LogP contribution in [-0.2, 0) is 9.53 Å². The monoisotopic (exact) mass is 169 g/mol. The van der Waals surface area contributed by atoms with Crippen molar-refractivity contribution in [3.8, 4) is 0 Å². The summed E-state index contributed by atoms with van der Waals surface area (Å²) in [6, 6.07) is 0. The molecule has 12 heavy (non-hydrogen) atoms. The van der Waals surface area contributed by atoms with Gasteiger partial charge in [0.05, 0.1) is 6.10 Å². The van der Waals surface area contributed by atoms with E-state index in [0.29, 0.717) is 12.5 Å². The summed E-state index contributed by atoms with van der Waals surface area (Å²) in [7, 11) is 0. The highest BCUT2D eigenvalue weighted by Gasteiger charge is 2.25. The van der Waals surface area contributed by atoms with Gasteiger partial charge < -0.3 is 10.1 Å². The van der Waals surface area contributed by atoms with Crippen LogP contribution in [0.4, 0.5) is 0 Å². The van der Waals surface area contributed by atoms with Crippen LogP contribution >= 0.6 is 0 Å². The third-order valence-corrected chi connectivity index (χ3v) is 2.61. The normalized spacial score (nSPS) is 31.0. The Bertz CT molecular complexity index is 175. The van der Waals surface area contributed by atoms with Crippen molar-refractivity contribution >= 4 is 5.91 Å². The number of carbonyl (C=O) groups is 1. The van der Waals surface area contributed by atoms with Gasteiger partial charge in [-0.3, -0.25) is 4.79 Å². The molecule has 2 fully saturated rings. The summed E-state index contributed by atoms with van der Waals surface area (Å²) in [5.41, 5.74) is 0. The van der Waals surface area contributed by atoms with Crippen molar-refractivity contribution < 1.29 is 9.53 Å². The molecular formula is C9H15NO2. The molecule has 0 aromatic heterocycles. The number of amides is 1. The number of rotatable bonds is 2. The van der Waals surface area contributed by atoms with Gasteiger partial charge in [-0.1, -0.05) is 12.8 Å². The first-order valence-electron chi connectivity index (χ1n) is 4.79. The van der Waals surface area contributed by atoms with Gasteiger partial charge in [0.15, 0.2) is 0 Å². The Morgan fingerprint density at radius 3 is 2.58 bits per heavy atom. The van der Waals surface area contributed by atoms with Gasteiger partial charge in [-0.05, 0) is 12.8 Å². The third-order valence-electron chi connectivity index (χ3n) is 2.61. The maximum atomic E-state index is 10.8. The van der Waals surface area contributed by atoms with Gasteiger partial charge in [0.1, 0.15) is 6.23 Å². The lowest BCUT2D eigenvalue weighted by molar-refractivity contribution is -0.121. The van der Waals surface area contributed by atoms with Crippen molar-refractivity contribution in [3.63, 3.8) is 0 Å². The van der Waals surface area contributed by atoms with E-state index in [2.05, 4.69) is 5.32 Å². The maximum absolute atomic E-state index is 10.8. The fraction of sp³-hybridized carbons (Fsp3) is 0.889. The quantitative estimate of drug-likeness (QED) is 0.674. The Morgan fingerprint density at radius 2 is 2.00 bits per heavy atom. The summed E-state index contributed by atoms with van der Waals surface area (Å²) in [5, 5.41) is 2.82. The van der Waals surface area contributed by atoms with E-state index in [1.807, 2.05) is 0 Å². The molecule has 0 radical (unpaired) electrons. The molecule has 1 unspecified atom stereocenters. The Balaban J connectivity index is 1.75. The van der Waals surface area contributed by atoms with Crippen molar-refractivity contribution in [2.24, 2.45) is 0 Å². The molecule has 1 heterocycles. The molecule has 3 heteroatoms. The van der Waals surface area contributed by atoms with E-state index in [4.69, 9.17) is 4.74 Å². The van der Waals surface area contributed by atoms with Crippen LogP contribution in [0.2, 0.25) is 0 Å². The average molecular weight is 169 g/mol. The second kappa shape index (κ2) is 3.44. The SMILES string of the molecule is O=C1CCC(OC2CCCC2)N1. The van der Waals surface area contributed by atoms with Gasteiger partial charge in [0, 0.05) is 12.8 Å². The van der Waals surface area contributed by atoms with E-state index in [1.165, 1.54) is 25.7 Å². The fourth-order valence-electron chi connectivity index (χ4n) is 1.94. The highest BCUT2D eigenvalue weighted by molar-refractivity contribution is 5.78. The van der Waals surface area contributed by atoms with E-state index < -0.39 is 0 Å². The second-order valence-electron chi connectivity index (χ2n) is 3.64. The van der Waals surface area contributed by atoms with Gasteiger partial charge in [-0.15, -0.1) is 0 Å². The average Bonchev–Trinajstić information content (AvgIpc) is 2.63. The van der Waals surface area contributed by atoms with Crippen LogP contribution in [0.15, 0.2) is 0 Å². The highest BCUT2D eigenvalue weighted by atomic mass is 16.5. The van der Waals surface area contributed by atoms with Crippen LogP contribution in [0.5, 0.6) is 0 Å². The van der Waals surface area contributed by atoms with Gasteiger partial charge in [-0.25, -0.2) is 0 Å². The molecule has 1 aliphatic carbocycles. The molecule has 2 aliphatic rings. The van der Waals surface area contributed by atoms with E-state index >= 15 is 0 Å². The first-order valence-corrected chi connectivity index (χ1v) is 4.79. The number of ether oxygens (including phenoxy) is 1. The van der Waals surface area contributed by atoms with Crippen molar-refractivity contribution in [1.82, 2.24) is 5.32 Å². The summed E-state index contributed by atoms with van der Waals surface area (Å²) < 4.78 is 5.71. The first kappa shape index (κ1) is 8.05. The van der Waals surface area contributed by atoms with Gasteiger partial charge >= 0.3 is 0 Å². The van der Waals surface area contributed by atoms with Gasteiger partial charge in [-0.2, -0.15) is 0 Å². The highest BCUT2D eigenvalue weighted by Crippen LogP contribution is 2.23. The molecule has 3 nitrogen and oxygen atoms in total. The predicted octanol–water partition coefficient (Wildman–Crippen LogP) is 1.18. The Labute approximate surface area is 72.5 Å². The molecule has 1 atom stereocenters. The lowest BCUT2D eigenvalue weighted by Crippen LogP contribution is -2.31. The Kier molecular flexibility index (Phi) is 2.30. The maximum Gasteiger partial charge on any atom is 0.222 e. The molecule has 0 aromatic carbocycles. The fourth-order valence-corrected chi connectivity index (χ4v) is 1.94. The van der Waals surface area contributed by atoms with Crippen molar-refractivity contribution in [3.05, 3.63) is 0 Å². The predicted molar refractivity (Wildman–Crippen MR) is 44.5 cm³/mol. The minimum absolute atomic E-state index is 0.0144. The lowest BCUT2D eigenvalue weighted by atomic mass is 10.3. The summed E-state index contributed by atoms with van der Waals surface area (Å²) >= 11 is 0. The Morgan fingerprint density at radius 1 is 1.25 bits per heavy atom. The lowest BCUT2D eigenvalue weighted by Gasteiger charge is -2.16. The zero-order valence-electron chi connectivity index (χ0n) is 7.21. The Hall–Kier alpha value is -0.570. The van der Waals surface area contributed by atoms with Crippen LogP contribution in [0, 0.1) is 0 Å². The van der Waals surface area contributed by atoms with Crippen molar-refractivity contribution in [2.75, 3.05) is 0 Å². The topological polar surface area (TPSA) is 38.3 Å². The first-order chi connectivity index (χ1) is 5.84. The molecule has 1 amide bonds. The molecule has 2 rings (SSSR count). The minimum atomic E-state index is 0.0144.